The van der Waals surface area contributed by atoms with Crippen LogP contribution >= 0.6 is 23.2 Å². The molecule has 0 aliphatic carbocycles. The summed E-state index contributed by atoms with van der Waals surface area (Å²) in [6.45, 7) is 3.74. The number of anilines is 1. The van der Waals surface area contributed by atoms with Gasteiger partial charge in [0.1, 0.15) is 12.6 Å². The molecule has 3 rings (SSSR count). The molecule has 0 fully saturated rings. The lowest BCUT2D eigenvalue weighted by Crippen LogP contribution is -2.53. The number of benzene rings is 3. The van der Waals surface area contributed by atoms with Gasteiger partial charge in [0.2, 0.25) is 21.8 Å². The number of hydrogen-bond donors (Lipinski definition) is 1. The molecule has 1 N–H and O–H groups in total. The number of nitrogens with one attached hydrogen (secondary N) is 1. The lowest BCUT2D eigenvalue weighted by atomic mass is 10.0. The Balaban J connectivity index is 2.07. The van der Waals surface area contributed by atoms with Crippen molar-refractivity contribution in [2.24, 2.45) is 0 Å². The van der Waals surface area contributed by atoms with Crippen molar-refractivity contribution in [2.45, 2.75) is 45.7 Å². The number of carbonyl (C=O) groups excluding carboxylic acids is 2. The summed E-state index contributed by atoms with van der Waals surface area (Å²) < 4.78 is 26.9. The van der Waals surface area contributed by atoms with Crippen LogP contribution in [0.1, 0.15) is 36.5 Å². The topological polar surface area (TPSA) is 86.8 Å². The quantitative estimate of drug-likeness (QED) is 0.257. The minimum atomic E-state index is -3.89. The van der Waals surface area contributed by atoms with Crippen LogP contribution in [-0.2, 0) is 32.6 Å². The third-order valence-electron chi connectivity index (χ3n) is 6.52. The molecule has 214 valence electrons. The zero-order valence-corrected chi connectivity index (χ0v) is 25.3. The molecular weight excluding hydrogens is 569 g/mol. The number of halogens is 2. The number of rotatable bonds is 13. The Morgan fingerprint density at radius 2 is 1.65 bits per heavy atom. The summed E-state index contributed by atoms with van der Waals surface area (Å²) in [6, 6.07) is 20.4. The zero-order valence-electron chi connectivity index (χ0n) is 22.9. The van der Waals surface area contributed by atoms with Crippen LogP contribution in [0.5, 0.6) is 0 Å². The Morgan fingerprint density at radius 1 is 0.975 bits per heavy atom. The van der Waals surface area contributed by atoms with Crippen LogP contribution in [0.2, 0.25) is 10.0 Å². The summed E-state index contributed by atoms with van der Waals surface area (Å²) in [4.78, 5) is 29.1. The molecule has 0 heterocycles. The summed E-state index contributed by atoms with van der Waals surface area (Å²) in [5.74, 6) is -0.862. The van der Waals surface area contributed by atoms with Crippen molar-refractivity contribution >= 4 is 50.7 Å². The van der Waals surface area contributed by atoms with E-state index in [1.54, 1.807) is 43.3 Å². The summed E-state index contributed by atoms with van der Waals surface area (Å²) in [5.41, 5.74) is 2.44. The van der Waals surface area contributed by atoms with Gasteiger partial charge < -0.3 is 10.2 Å². The number of sulfonamides is 1. The fourth-order valence-electron chi connectivity index (χ4n) is 4.32. The van der Waals surface area contributed by atoms with E-state index in [2.05, 4.69) is 5.32 Å². The predicted molar refractivity (Wildman–Crippen MR) is 162 cm³/mol. The van der Waals surface area contributed by atoms with Crippen molar-refractivity contribution in [2.75, 3.05) is 23.7 Å². The monoisotopic (exact) mass is 603 g/mol. The first-order chi connectivity index (χ1) is 19.0. The van der Waals surface area contributed by atoms with Gasteiger partial charge in [0.25, 0.3) is 0 Å². The van der Waals surface area contributed by atoms with Crippen molar-refractivity contribution in [3.05, 3.63) is 99.5 Å². The summed E-state index contributed by atoms with van der Waals surface area (Å²) in [7, 11) is -3.89. The maximum Gasteiger partial charge on any atom is 0.244 e. The van der Waals surface area contributed by atoms with Gasteiger partial charge >= 0.3 is 0 Å². The second kappa shape index (κ2) is 14.5. The molecule has 3 aromatic carbocycles. The van der Waals surface area contributed by atoms with Gasteiger partial charge in [-0.2, -0.15) is 0 Å². The van der Waals surface area contributed by atoms with Crippen molar-refractivity contribution in [3.63, 3.8) is 0 Å². The van der Waals surface area contributed by atoms with Crippen molar-refractivity contribution in [3.8, 4) is 0 Å². The first-order valence-electron chi connectivity index (χ1n) is 13.1. The number of hydrogen-bond acceptors (Lipinski definition) is 4. The molecule has 10 heteroatoms. The number of carbonyl (C=O) groups is 2. The molecule has 1 unspecified atom stereocenters. The molecule has 0 saturated carbocycles. The van der Waals surface area contributed by atoms with E-state index in [1.165, 1.54) is 11.0 Å². The van der Waals surface area contributed by atoms with Crippen molar-refractivity contribution in [1.29, 1.82) is 0 Å². The minimum absolute atomic E-state index is 0.0172. The van der Waals surface area contributed by atoms with Gasteiger partial charge in [0.05, 0.1) is 11.9 Å². The Hall–Kier alpha value is -3.07. The van der Waals surface area contributed by atoms with E-state index in [0.29, 0.717) is 33.4 Å². The van der Waals surface area contributed by atoms with Gasteiger partial charge in [0.15, 0.2) is 0 Å². The standard InChI is InChI=1S/C30H35Cl2N3O4S/c1-4-5-17-33-30(37)28(18-23-11-7-6-8-12-23)34(20-24-13-9-10-14-26(24)32)29(36)21-35(40(3,38)39)27-19-25(31)16-15-22(27)2/h6-16,19,28H,4-5,17-18,20-21H2,1-3H3,(H,33,37). The Morgan fingerprint density at radius 3 is 2.30 bits per heavy atom. The second-order valence-electron chi connectivity index (χ2n) is 9.66. The summed E-state index contributed by atoms with van der Waals surface area (Å²) in [5, 5.41) is 3.74. The van der Waals surface area contributed by atoms with E-state index < -0.39 is 28.5 Å². The van der Waals surface area contributed by atoms with E-state index >= 15 is 0 Å². The van der Waals surface area contributed by atoms with Crippen LogP contribution in [0, 0.1) is 6.92 Å². The summed E-state index contributed by atoms with van der Waals surface area (Å²) >= 11 is 12.7. The van der Waals surface area contributed by atoms with Gasteiger partial charge in [0, 0.05) is 29.6 Å². The lowest BCUT2D eigenvalue weighted by Gasteiger charge is -2.34. The molecular formula is C30H35Cl2N3O4S. The third kappa shape index (κ3) is 8.71. The van der Waals surface area contributed by atoms with Gasteiger partial charge in [-0.1, -0.05) is 91.1 Å². The molecule has 40 heavy (non-hydrogen) atoms. The zero-order chi connectivity index (χ0) is 29.3. The van der Waals surface area contributed by atoms with E-state index in [-0.39, 0.29) is 18.9 Å². The molecule has 0 aliphatic rings. The molecule has 7 nitrogen and oxygen atoms in total. The van der Waals surface area contributed by atoms with Crippen LogP contribution in [0.3, 0.4) is 0 Å². The maximum atomic E-state index is 14.1. The Bertz CT molecular complexity index is 1420. The van der Waals surface area contributed by atoms with Gasteiger partial charge in [-0.3, -0.25) is 13.9 Å². The number of amides is 2. The molecule has 2 amide bonds. The molecule has 1 atom stereocenters. The maximum absolute atomic E-state index is 14.1. The molecule has 0 radical (unpaired) electrons. The first-order valence-corrected chi connectivity index (χ1v) is 15.7. The lowest BCUT2D eigenvalue weighted by molar-refractivity contribution is -0.140. The molecule has 0 spiro atoms. The SMILES string of the molecule is CCCCNC(=O)C(Cc1ccccc1)N(Cc1ccccc1Cl)C(=O)CN(c1cc(Cl)ccc1C)S(C)(=O)=O. The Kier molecular flexibility index (Phi) is 11.4. The number of aryl methyl sites for hydroxylation is 1. The van der Waals surface area contributed by atoms with Gasteiger partial charge in [-0.15, -0.1) is 0 Å². The molecule has 0 aromatic heterocycles. The van der Waals surface area contributed by atoms with Crippen LogP contribution in [0.15, 0.2) is 72.8 Å². The molecule has 0 bridgehead atoms. The van der Waals surface area contributed by atoms with E-state index in [0.717, 1.165) is 29.0 Å². The van der Waals surface area contributed by atoms with Crippen LogP contribution in [0.25, 0.3) is 0 Å². The highest BCUT2D eigenvalue weighted by Gasteiger charge is 2.33. The van der Waals surface area contributed by atoms with Crippen LogP contribution in [-0.4, -0.2) is 50.5 Å². The van der Waals surface area contributed by atoms with Gasteiger partial charge in [-0.25, -0.2) is 8.42 Å². The molecule has 0 aliphatic heterocycles. The van der Waals surface area contributed by atoms with E-state index in [1.807, 2.05) is 37.3 Å². The summed E-state index contributed by atoms with van der Waals surface area (Å²) in [6.07, 6.45) is 2.97. The fraction of sp³-hybridized carbons (Fsp3) is 0.333. The van der Waals surface area contributed by atoms with Crippen molar-refractivity contribution < 1.29 is 18.0 Å². The average Bonchev–Trinajstić information content (AvgIpc) is 2.91. The largest absolute Gasteiger partial charge is 0.354 e. The van der Waals surface area contributed by atoms with E-state index in [4.69, 9.17) is 23.2 Å². The first kappa shape index (κ1) is 31.5. The Labute approximate surface area is 247 Å². The number of unbranched alkanes of at least 4 members (excludes halogenated alkanes) is 1. The average molecular weight is 605 g/mol. The van der Waals surface area contributed by atoms with Crippen LogP contribution in [0.4, 0.5) is 5.69 Å². The van der Waals surface area contributed by atoms with Crippen molar-refractivity contribution in [1.82, 2.24) is 10.2 Å². The normalized spacial score (nSPS) is 12.0. The minimum Gasteiger partial charge on any atom is -0.354 e. The fourth-order valence-corrected chi connectivity index (χ4v) is 5.58. The highest BCUT2D eigenvalue weighted by atomic mass is 35.5. The third-order valence-corrected chi connectivity index (χ3v) is 8.25. The van der Waals surface area contributed by atoms with Crippen LogP contribution < -0.4 is 9.62 Å². The predicted octanol–water partition coefficient (Wildman–Crippen LogP) is 5.62. The molecule has 3 aromatic rings. The highest BCUT2D eigenvalue weighted by molar-refractivity contribution is 7.92. The number of nitrogens with zero attached hydrogens (tertiary/aromatic N) is 2. The highest BCUT2D eigenvalue weighted by Crippen LogP contribution is 2.27. The van der Waals surface area contributed by atoms with Gasteiger partial charge in [-0.05, 0) is 48.2 Å². The molecule has 0 saturated heterocycles. The second-order valence-corrected chi connectivity index (χ2v) is 12.4. The van der Waals surface area contributed by atoms with E-state index in [9.17, 15) is 18.0 Å². The smallest absolute Gasteiger partial charge is 0.244 e.